The van der Waals surface area contributed by atoms with Gasteiger partial charge in [-0.3, -0.25) is 4.79 Å². The van der Waals surface area contributed by atoms with Crippen molar-refractivity contribution in [3.05, 3.63) is 47.5 Å². The van der Waals surface area contributed by atoms with Gasteiger partial charge in [0.25, 0.3) is 5.91 Å². The van der Waals surface area contributed by atoms with E-state index in [4.69, 9.17) is 0 Å². The molecule has 0 spiro atoms. The number of aromatic nitrogens is 2. The van der Waals surface area contributed by atoms with Crippen molar-refractivity contribution in [2.75, 3.05) is 5.32 Å². The summed E-state index contributed by atoms with van der Waals surface area (Å²) in [7, 11) is 0. The molecule has 1 amide bonds. The van der Waals surface area contributed by atoms with Crippen molar-refractivity contribution in [2.45, 2.75) is 26.3 Å². The number of rotatable bonds is 4. The van der Waals surface area contributed by atoms with Crippen LogP contribution in [0.5, 0.6) is 0 Å². The fraction of sp³-hybridized carbons (Fsp3) is 0.250. The molecule has 4 nitrogen and oxygen atoms in total. The lowest BCUT2D eigenvalue weighted by molar-refractivity contribution is 0.102. The van der Waals surface area contributed by atoms with E-state index in [1.165, 1.54) is 11.3 Å². The summed E-state index contributed by atoms with van der Waals surface area (Å²) in [5.74, 6) is 0.660. The number of thiophene rings is 1. The normalized spacial score (nSPS) is 12.5. The molecular weight excluding hydrogens is 282 g/mol. The predicted molar refractivity (Wildman–Crippen MR) is 87.0 cm³/mol. The highest BCUT2D eigenvalue weighted by Crippen LogP contribution is 2.26. The van der Waals surface area contributed by atoms with Crippen molar-refractivity contribution in [1.82, 2.24) is 9.78 Å². The number of fused-ring (bicyclic) bond motifs is 1. The smallest absolute Gasteiger partial charge is 0.266 e. The van der Waals surface area contributed by atoms with E-state index in [1.54, 1.807) is 6.20 Å². The average Bonchev–Trinajstić information content (AvgIpc) is 3.12. The van der Waals surface area contributed by atoms with E-state index < -0.39 is 0 Å². The molecule has 0 saturated carbocycles. The molecule has 5 heteroatoms. The highest BCUT2D eigenvalue weighted by molar-refractivity contribution is 7.20. The molecular formula is C16H17N3OS. The number of carbonyl (C=O) groups excluding carboxylic acids is 1. The number of nitrogens with one attached hydrogen (secondary N) is 1. The zero-order chi connectivity index (χ0) is 14.8. The third-order valence-corrected chi connectivity index (χ3v) is 4.68. The lowest BCUT2D eigenvalue weighted by Gasteiger charge is -2.13. The summed E-state index contributed by atoms with van der Waals surface area (Å²) in [6.45, 7) is 4.19. The number of hydrogen-bond donors (Lipinski definition) is 1. The first-order valence-electron chi connectivity index (χ1n) is 7.02. The van der Waals surface area contributed by atoms with Gasteiger partial charge < -0.3 is 5.32 Å². The maximum absolute atomic E-state index is 12.4. The molecule has 0 saturated heterocycles. The molecule has 0 aliphatic rings. The lowest BCUT2D eigenvalue weighted by atomic mass is 10.2. The number of carbonyl (C=O) groups is 1. The third-order valence-electron chi connectivity index (χ3n) is 3.57. The number of nitrogens with zero attached hydrogens (tertiary/aromatic N) is 2. The van der Waals surface area contributed by atoms with E-state index >= 15 is 0 Å². The van der Waals surface area contributed by atoms with Gasteiger partial charge in [0, 0.05) is 10.8 Å². The second kappa shape index (κ2) is 5.69. The Morgan fingerprint density at radius 2 is 2.19 bits per heavy atom. The summed E-state index contributed by atoms with van der Waals surface area (Å²) < 4.78 is 2.98. The minimum atomic E-state index is -0.0822. The third kappa shape index (κ3) is 2.69. The Morgan fingerprint density at radius 3 is 2.95 bits per heavy atom. The number of amides is 1. The number of hydrogen-bond acceptors (Lipinski definition) is 3. The van der Waals surface area contributed by atoms with Crippen LogP contribution in [0.3, 0.4) is 0 Å². The fourth-order valence-corrected chi connectivity index (χ4v) is 3.17. The molecule has 0 radical (unpaired) electrons. The van der Waals surface area contributed by atoms with Crippen molar-refractivity contribution in [3.63, 3.8) is 0 Å². The molecule has 0 aliphatic heterocycles. The molecule has 1 N–H and O–H groups in total. The summed E-state index contributed by atoms with van der Waals surface area (Å²) in [5.41, 5.74) is 0. The van der Waals surface area contributed by atoms with Crippen molar-refractivity contribution < 1.29 is 4.79 Å². The van der Waals surface area contributed by atoms with Crippen molar-refractivity contribution >= 4 is 33.1 Å². The quantitative estimate of drug-likeness (QED) is 0.780. The molecule has 2 aromatic heterocycles. The fourth-order valence-electron chi connectivity index (χ4n) is 2.21. The molecule has 1 aromatic carbocycles. The van der Waals surface area contributed by atoms with Gasteiger partial charge in [-0.2, -0.15) is 5.10 Å². The second-order valence-electron chi connectivity index (χ2n) is 5.02. The van der Waals surface area contributed by atoms with Crippen LogP contribution in [0.1, 0.15) is 36.0 Å². The van der Waals surface area contributed by atoms with E-state index in [-0.39, 0.29) is 11.9 Å². The van der Waals surface area contributed by atoms with E-state index in [1.807, 2.05) is 41.1 Å². The van der Waals surface area contributed by atoms with Gasteiger partial charge in [-0.15, -0.1) is 11.3 Å². The first kappa shape index (κ1) is 13.8. The largest absolute Gasteiger partial charge is 0.306 e. The Hall–Kier alpha value is -2.14. The van der Waals surface area contributed by atoms with E-state index in [0.717, 1.165) is 22.3 Å². The predicted octanol–water partition coefficient (Wildman–Crippen LogP) is 4.32. The molecule has 3 rings (SSSR count). The standard InChI is InChI=1S/C16H17N3OS/c1-3-11(2)19-15(8-9-17-19)18-16(20)14-10-12-6-4-5-7-13(12)21-14/h4-11H,3H2,1-2H3,(H,18,20). The summed E-state index contributed by atoms with van der Waals surface area (Å²) in [6.07, 6.45) is 2.68. The van der Waals surface area contributed by atoms with Gasteiger partial charge >= 0.3 is 0 Å². The minimum Gasteiger partial charge on any atom is -0.306 e. The second-order valence-corrected chi connectivity index (χ2v) is 6.10. The molecule has 0 bridgehead atoms. The molecule has 1 unspecified atom stereocenters. The van der Waals surface area contributed by atoms with E-state index in [9.17, 15) is 4.79 Å². The van der Waals surface area contributed by atoms with Crippen molar-refractivity contribution in [2.24, 2.45) is 0 Å². The van der Waals surface area contributed by atoms with Crippen LogP contribution in [-0.2, 0) is 0 Å². The summed E-state index contributed by atoms with van der Waals surface area (Å²) in [5, 5.41) is 8.34. The van der Waals surface area contributed by atoms with Crippen LogP contribution >= 0.6 is 11.3 Å². The van der Waals surface area contributed by atoms with Crippen LogP contribution in [0.4, 0.5) is 5.82 Å². The summed E-state index contributed by atoms with van der Waals surface area (Å²) >= 11 is 1.51. The van der Waals surface area contributed by atoms with Gasteiger partial charge in [0.05, 0.1) is 17.1 Å². The Morgan fingerprint density at radius 1 is 1.38 bits per heavy atom. The Kier molecular flexibility index (Phi) is 3.75. The van der Waals surface area contributed by atoms with Crippen LogP contribution < -0.4 is 5.32 Å². The molecule has 2 heterocycles. The molecule has 3 aromatic rings. The molecule has 108 valence electrons. The Bertz CT molecular complexity index is 742. The summed E-state index contributed by atoms with van der Waals surface area (Å²) in [4.78, 5) is 13.1. The van der Waals surface area contributed by atoms with Crippen LogP contribution in [0, 0.1) is 0 Å². The van der Waals surface area contributed by atoms with Gasteiger partial charge in [0.15, 0.2) is 0 Å². The maximum Gasteiger partial charge on any atom is 0.266 e. The molecule has 21 heavy (non-hydrogen) atoms. The average molecular weight is 299 g/mol. The summed E-state index contributed by atoms with van der Waals surface area (Å²) in [6, 6.07) is 12.0. The molecule has 0 aliphatic carbocycles. The van der Waals surface area contributed by atoms with Crippen LogP contribution in [0.25, 0.3) is 10.1 Å². The minimum absolute atomic E-state index is 0.0822. The van der Waals surface area contributed by atoms with Gasteiger partial charge in [-0.05, 0) is 30.9 Å². The highest BCUT2D eigenvalue weighted by atomic mass is 32.1. The van der Waals surface area contributed by atoms with Crippen molar-refractivity contribution in [1.29, 1.82) is 0 Å². The number of anilines is 1. The van der Waals surface area contributed by atoms with Gasteiger partial charge in [0.2, 0.25) is 0 Å². The van der Waals surface area contributed by atoms with Crippen LogP contribution in [0.2, 0.25) is 0 Å². The zero-order valence-corrected chi connectivity index (χ0v) is 12.9. The monoisotopic (exact) mass is 299 g/mol. The Labute approximate surface area is 127 Å². The van der Waals surface area contributed by atoms with Gasteiger partial charge in [-0.1, -0.05) is 25.1 Å². The number of benzene rings is 1. The molecule has 1 atom stereocenters. The maximum atomic E-state index is 12.4. The van der Waals surface area contributed by atoms with Crippen LogP contribution in [-0.4, -0.2) is 15.7 Å². The Balaban J connectivity index is 1.85. The first-order chi connectivity index (χ1) is 10.2. The van der Waals surface area contributed by atoms with E-state index in [0.29, 0.717) is 4.88 Å². The van der Waals surface area contributed by atoms with Gasteiger partial charge in [0.1, 0.15) is 5.82 Å². The van der Waals surface area contributed by atoms with Crippen molar-refractivity contribution in [3.8, 4) is 0 Å². The first-order valence-corrected chi connectivity index (χ1v) is 7.84. The zero-order valence-electron chi connectivity index (χ0n) is 12.0. The SMILES string of the molecule is CCC(C)n1nccc1NC(=O)c1cc2ccccc2s1. The highest BCUT2D eigenvalue weighted by Gasteiger charge is 2.14. The van der Waals surface area contributed by atoms with E-state index in [2.05, 4.69) is 24.3 Å². The van der Waals surface area contributed by atoms with Crippen LogP contribution in [0.15, 0.2) is 42.6 Å². The molecule has 0 fully saturated rings. The topological polar surface area (TPSA) is 46.9 Å². The van der Waals surface area contributed by atoms with Gasteiger partial charge in [-0.25, -0.2) is 4.68 Å². The lowest BCUT2D eigenvalue weighted by Crippen LogP contribution is -2.16.